The van der Waals surface area contributed by atoms with Crippen LogP contribution in [0, 0.1) is 0 Å². The van der Waals surface area contributed by atoms with Gasteiger partial charge < -0.3 is 15.4 Å². The lowest BCUT2D eigenvalue weighted by atomic mass is 10.0. The Morgan fingerprint density at radius 1 is 1.26 bits per heavy atom. The van der Waals surface area contributed by atoms with E-state index in [1.54, 1.807) is 13.2 Å². The number of nitrogens with one attached hydrogen (secondary N) is 2. The summed E-state index contributed by atoms with van der Waals surface area (Å²) in [6.45, 7) is 3.33. The molecule has 0 bridgehead atoms. The molecule has 3 rings (SSSR count). The van der Waals surface area contributed by atoms with Gasteiger partial charge in [-0.05, 0) is 18.2 Å². The van der Waals surface area contributed by atoms with Crippen LogP contribution >= 0.6 is 24.0 Å². The molecule has 0 saturated carbocycles. The first-order chi connectivity index (χ1) is 12.7. The van der Waals surface area contributed by atoms with Crippen LogP contribution in [0.15, 0.2) is 48.5 Å². The second kappa shape index (κ2) is 10.5. The molecule has 146 valence electrons. The van der Waals surface area contributed by atoms with Gasteiger partial charge in [0, 0.05) is 38.2 Å². The van der Waals surface area contributed by atoms with Crippen molar-refractivity contribution in [2.24, 2.45) is 0 Å². The molecule has 1 heterocycles. The molecule has 0 aromatic heterocycles. The molecular weight excluding hydrogens is 385 g/mol. The lowest BCUT2D eigenvalue weighted by molar-refractivity contribution is -0.116. The molecule has 5 nitrogen and oxygen atoms in total. The third-order valence-corrected chi connectivity index (χ3v) is 4.96. The normalized spacial score (nSPS) is 17.0. The maximum atomic E-state index is 12.3. The summed E-state index contributed by atoms with van der Waals surface area (Å²) in [5.41, 5.74) is 1.80. The molecule has 1 aliphatic rings. The number of para-hydroxylation sites is 2. The molecular formula is C20H25Cl2N3O2. The first kappa shape index (κ1) is 21.5. The van der Waals surface area contributed by atoms with Crippen molar-refractivity contribution in [3.8, 4) is 5.75 Å². The number of amides is 1. The minimum absolute atomic E-state index is 0. The monoisotopic (exact) mass is 409 g/mol. The molecule has 1 atom stereocenters. The van der Waals surface area contributed by atoms with Gasteiger partial charge in [-0.15, -0.1) is 12.4 Å². The number of piperazine rings is 1. The van der Waals surface area contributed by atoms with E-state index in [1.165, 1.54) is 0 Å². The summed E-state index contributed by atoms with van der Waals surface area (Å²) in [7, 11) is 1.69. The van der Waals surface area contributed by atoms with Crippen molar-refractivity contribution in [3.63, 3.8) is 0 Å². The quantitative estimate of drug-likeness (QED) is 0.762. The van der Waals surface area contributed by atoms with Gasteiger partial charge in [0.15, 0.2) is 0 Å². The van der Waals surface area contributed by atoms with Gasteiger partial charge in [-0.2, -0.15) is 0 Å². The van der Waals surface area contributed by atoms with Gasteiger partial charge in [-0.1, -0.05) is 41.9 Å². The molecule has 1 saturated heterocycles. The van der Waals surface area contributed by atoms with Gasteiger partial charge in [-0.3, -0.25) is 9.69 Å². The van der Waals surface area contributed by atoms with E-state index < -0.39 is 0 Å². The molecule has 2 aromatic rings. The smallest absolute Gasteiger partial charge is 0.225 e. The Bertz CT molecular complexity index is 758. The van der Waals surface area contributed by atoms with Gasteiger partial charge in [-0.25, -0.2) is 0 Å². The van der Waals surface area contributed by atoms with Crippen LogP contribution in [0.2, 0.25) is 5.02 Å². The Kier molecular flexibility index (Phi) is 8.38. The van der Waals surface area contributed by atoms with Gasteiger partial charge in [0.25, 0.3) is 0 Å². The fourth-order valence-electron chi connectivity index (χ4n) is 3.28. The molecule has 2 N–H and O–H groups in total. The maximum Gasteiger partial charge on any atom is 0.225 e. The van der Waals surface area contributed by atoms with Crippen molar-refractivity contribution >= 4 is 35.6 Å². The molecule has 1 unspecified atom stereocenters. The van der Waals surface area contributed by atoms with E-state index in [4.69, 9.17) is 16.3 Å². The van der Waals surface area contributed by atoms with E-state index in [2.05, 4.69) is 21.6 Å². The zero-order chi connectivity index (χ0) is 18.4. The SMILES string of the molecule is COc1ccccc1C1CNCCN1CCC(=O)Nc1ccccc1Cl.Cl. The highest BCUT2D eigenvalue weighted by Gasteiger charge is 2.26. The first-order valence-corrected chi connectivity index (χ1v) is 9.19. The van der Waals surface area contributed by atoms with E-state index in [9.17, 15) is 4.79 Å². The second-order valence-electron chi connectivity index (χ2n) is 6.28. The lowest BCUT2D eigenvalue weighted by Crippen LogP contribution is -2.46. The maximum absolute atomic E-state index is 12.3. The molecule has 0 radical (unpaired) electrons. The van der Waals surface area contributed by atoms with Crippen molar-refractivity contribution in [2.45, 2.75) is 12.5 Å². The fourth-order valence-corrected chi connectivity index (χ4v) is 3.47. The van der Waals surface area contributed by atoms with Gasteiger partial charge in [0.05, 0.1) is 23.9 Å². The number of benzene rings is 2. The summed E-state index contributed by atoms with van der Waals surface area (Å²) >= 11 is 6.11. The summed E-state index contributed by atoms with van der Waals surface area (Å²) in [4.78, 5) is 14.7. The van der Waals surface area contributed by atoms with Gasteiger partial charge in [0.1, 0.15) is 5.75 Å². The van der Waals surface area contributed by atoms with Gasteiger partial charge >= 0.3 is 0 Å². The Morgan fingerprint density at radius 2 is 2.00 bits per heavy atom. The molecule has 1 fully saturated rings. The van der Waals surface area contributed by atoms with Crippen molar-refractivity contribution < 1.29 is 9.53 Å². The number of ether oxygens (including phenoxy) is 1. The third-order valence-electron chi connectivity index (χ3n) is 4.63. The number of methoxy groups -OCH3 is 1. The molecule has 27 heavy (non-hydrogen) atoms. The second-order valence-corrected chi connectivity index (χ2v) is 6.68. The highest BCUT2D eigenvalue weighted by Crippen LogP contribution is 2.30. The van der Waals surface area contributed by atoms with Crippen LogP contribution in [0.5, 0.6) is 5.75 Å². The van der Waals surface area contributed by atoms with Crippen LogP contribution < -0.4 is 15.4 Å². The average molecular weight is 410 g/mol. The molecule has 0 spiro atoms. The van der Waals surface area contributed by atoms with Crippen LogP contribution in [-0.4, -0.2) is 44.1 Å². The number of hydrogen-bond donors (Lipinski definition) is 2. The minimum atomic E-state index is -0.0320. The Morgan fingerprint density at radius 3 is 2.78 bits per heavy atom. The Balaban J connectivity index is 0.00000261. The van der Waals surface area contributed by atoms with Crippen molar-refractivity contribution in [2.75, 3.05) is 38.6 Å². The van der Waals surface area contributed by atoms with Crippen LogP contribution in [0.4, 0.5) is 5.69 Å². The van der Waals surface area contributed by atoms with Crippen molar-refractivity contribution in [1.82, 2.24) is 10.2 Å². The van der Waals surface area contributed by atoms with E-state index in [0.29, 0.717) is 23.7 Å². The minimum Gasteiger partial charge on any atom is -0.496 e. The summed E-state index contributed by atoms with van der Waals surface area (Å²) in [6.07, 6.45) is 0.414. The number of nitrogens with zero attached hydrogens (tertiary/aromatic N) is 1. The van der Waals surface area contributed by atoms with Gasteiger partial charge in [0.2, 0.25) is 5.91 Å². The van der Waals surface area contributed by atoms with Crippen molar-refractivity contribution in [1.29, 1.82) is 0 Å². The highest BCUT2D eigenvalue weighted by molar-refractivity contribution is 6.33. The number of halogens is 2. The summed E-state index contributed by atoms with van der Waals surface area (Å²) < 4.78 is 5.52. The van der Waals surface area contributed by atoms with Crippen molar-refractivity contribution in [3.05, 3.63) is 59.1 Å². The average Bonchev–Trinajstić information content (AvgIpc) is 2.68. The number of rotatable bonds is 6. The molecule has 0 aliphatic carbocycles. The molecule has 1 amide bonds. The summed E-state index contributed by atoms with van der Waals surface area (Å²) in [5, 5.41) is 6.87. The Labute approximate surface area is 171 Å². The van der Waals surface area contributed by atoms with E-state index in [1.807, 2.05) is 36.4 Å². The van der Waals surface area contributed by atoms with Crippen LogP contribution in [-0.2, 0) is 4.79 Å². The molecule has 1 aliphatic heterocycles. The largest absolute Gasteiger partial charge is 0.496 e. The van der Waals surface area contributed by atoms with Crippen LogP contribution in [0.1, 0.15) is 18.0 Å². The highest BCUT2D eigenvalue weighted by atomic mass is 35.5. The molecule has 2 aromatic carbocycles. The summed E-state index contributed by atoms with van der Waals surface area (Å²) in [6, 6.07) is 15.5. The number of carbonyl (C=O) groups excluding carboxylic acids is 1. The first-order valence-electron chi connectivity index (χ1n) is 8.81. The fraction of sp³-hybridized carbons (Fsp3) is 0.350. The zero-order valence-electron chi connectivity index (χ0n) is 15.3. The topological polar surface area (TPSA) is 53.6 Å². The van der Waals surface area contributed by atoms with E-state index in [-0.39, 0.29) is 24.4 Å². The third kappa shape index (κ3) is 5.59. The lowest BCUT2D eigenvalue weighted by Gasteiger charge is -2.37. The van der Waals surface area contributed by atoms with Crippen LogP contribution in [0.3, 0.4) is 0 Å². The predicted octanol–water partition coefficient (Wildman–Crippen LogP) is 3.75. The zero-order valence-corrected chi connectivity index (χ0v) is 16.9. The van der Waals surface area contributed by atoms with E-state index in [0.717, 1.165) is 30.9 Å². The van der Waals surface area contributed by atoms with Crippen LogP contribution in [0.25, 0.3) is 0 Å². The predicted molar refractivity (Wildman–Crippen MR) is 112 cm³/mol. The number of hydrogen-bond acceptors (Lipinski definition) is 4. The van der Waals surface area contributed by atoms with E-state index >= 15 is 0 Å². The number of carbonyl (C=O) groups is 1. The Hall–Kier alpha value is -1.79. The number of anilines is 1. The summed E-state index contributed by atoms with van der Waals surface area (Å²) in [5.74, 6) is 0.849. The molecule has 7 heteroatoms. The standard InChI is InChI=1S/C20H24ClN3O2.ClH/c1-26-19-9-5-2-6-15(19)18-14-22-11-13-24(18)12-10-20(25)23-17-8-4-3-7-16(17)21;/h2-9,18,22H,10-14H2,1H3,(H,23,25);1H.